The van der Waals surface area contributed by atoms with Crippen molar-refractivity contribution in [2.24, 2.45) is 0 Å². The highest BCUT2D eigenvalue weighted by molar-refractivity contribution is 5.78. The topological polar surface area (TPSA) is 53.1 Å². The van der Waals surface area contributed by atoms with E-state index in [1.54, 1.807) is 30.0 Å². The highest BCUT2D eigenvalue weighted by Gasteiger charge is 2.42. The van der Waals surface area contributed by atoms with E-state index >= 15 is 0 Å². The van der Waals surface area contributed by atoms with Crippen LogP contribution >= 0.6 is 0 Å². The molecule has 0 aromatic carbocycles. The molecule has 0 unspecified atom stereocenters. The first-order chi connectivity index (χ1) is 9.47. The number of rotatable bonds is 2. The SMILES string of the molecule is C=CCN1CC2(CCN(C(=O)N(C)C)CC2)OCC1=O. The van der Waals surface area contributed by atoms with Crippen LogP contribution in [-0.2, 0) is 9.53 Å². The molecule has 2 aliphatic heterocycles. The molecule has 2 aliphatic rings. The summed E-state index contributed by atoms with van der Waals surface area (Å²) < 4.78 is 5.81. The average Bonchev–Trinajstić information content (AvgIpc) is 2.43. The number of ether oxygens (including phenoxy) is 1. The van der Waals surface area contributed by atoms with Gasteiger partial charge >= 0.3 is 6.03 Å². The van der Waals surface area contributed by atoms with Crippen LogP contribution in [0, 0.1) is 0 Å². The fraction of sp³-hybridized carbons (Fsp3) is 0.714. The third kappa shape index (κ3) is 2.95. The van der Waals surface area contributed by atoms with Crippen LogP contribution in [0.25, 0.3) is 0 Å². The summed E-state index contributed by atoms with van der Waals surface area (Å²) in [7, 11) is 3.52. The second-order valence-electron chi connectivity index (χ2n) is 5.70. The van der Waals surface area contributed by atoms with E-state index in [1.807, 2.05) is 4.90 Å². The molecule has 0 aliphatic carbocycles. The minimum atomic E-state index is -0.292. The Labute approximate surface area is 119 Å². The number of carbonyl (C=O) groups excluding carboxylic acids is 2. The van der Waals surface area contributed by atoms with Gasteiger partial charge in [-0.15, -0.1) is 6.58 Å². The van der Waals surface area contributed by atoms with Crippen molar-refractivity contribution in [3.63, 3.8) is 0 Å². The first-order valence-corrected chi connectivity index (χ1v) is 6.96. The Balaban J connectivity index is 1.96. The lowest BCUT2D eigenvalue weighted by molar-refractivity contribution is -0.169. The second kappa shape index (κ2) is 5.83. The zero-order valence-corrected chi connectivity index (χ0v) is 12.3. The van der Waals surface area contributed by atoms with Gasteiger partial charge in [-0.25, -0.2) is 4.79 Å². The van der Waals surface area contributed by atoms with Gasteiger partial charge in [0.1, 0.15) is 6.61 Å². The molecule has 2 rings (SSSR count). The average molecular weight is 281 g/mol. The number of likely N-dealkylation sites (tertiary alicyclic amines) is 1. The predicted molar refractivity (Wildman–Crippen MR) is 75.4 cm³/mol. The van der Waals surface area contributed by atoms with Gasteiger partial charge in [0, 0.05) is 33.7 Å². The monoisotopic (exact) mass is 281 g/mol. The van der Waals surface area contributed by atoms with Crippen molar-refractivity contribution in [2.45, 2.75) is 18.4 Å². The van der Waals surface area contributed by atoms with Crippen LogP contribution in [0.15, 0.2) is 12.7 Å². The van der Waals surface area contributed by atoms with Crippen LogP contribution in [0.5, 0.6) is 0 Å². The van der Waals surface area contributed by atoms with Crippen LogP contribution in [0.2, 0.25) is 0 Å². The molecule has 0 saturated carbocycles. The van der Waals surface area contributed by atoms with Gasteiger partial charge in [-0.1, -0.05) is 6.08 Å². The lowest BCUT2D eigenvalue weighted by Crippen LogP contribution is -2.59. The molecule has 112 valence electrons. The van der Waals surface area contributed by atoms with Crippen molar-refractivity contribution in [1.29, 1.82) is 0 Å². The molecular weight excluding hydrogens is 258 g/mol. The molecular formula is C14H23N3O3. The van der Waals surface area contributed by atoms with E-state index in [2.05, 4.69) is 6.58 Å². The maximum Gasteiger partial charge on any atom is 0.319 e. The quantitative estimate of drug-likeness (QED) is 0.695. The fourth-order valence-electron chi connectivity index (χ4n) is 2.80. The van der Waals surface area contributed by atoms with Crippen LogP contribution in [0.3, 0.4) is 0 Å². The van der Waals surface area contributed by atoms with Gasteiger partial charge in [-0.2, -0.15) is 0 Å². The molecule has 6 nitrogen and oxygen atoms in total. The molecule has 20 heavy (non-hydrogen) atoms. The predicted octanol–water partition coefficient (Wildman–Crippen LogP) is 0.547. The number of urea groups is 1. The minimum absolute atomic E-state index is 0.0160. The number of nitrogens with zero attached hydrogens (tertiary/aromatic N) is 3. The maximum absolute atomic E-state index is 11.9. The molecule has 0 aromatic heterocycles. The van der Waals surface area contributed by atoms with Crippen LogP contribution in [0.1, 0.15) is 12.8 Å². The number of hydrogen-bond donors (Lipinski definition) is 0. The van der Waals surface area contributed by atoms with Gasteiger partial charge in [0.25, 0.3) is 0 Å². The summed E-state index contributed by atoms with van der Waals surface area (Å²) >= 11 is 0. The van der Waals surface area contributed by atoms with E-state index in [9.17, 15) is 9.59 Å². The molecule has 0 N–H and O–H groups in total. The summed E-state index contributed by atoms with van der Waals surface area (Å²) in [5.41, 5.74) is -0.292. The fourth-order valence-corrected chi connectivity index (χ4v) is 2.80. The first kappa shape index (κ1) is 14.8. The van der Waals surface area contributed by atoms with Crippen molar-refractivity contribution in [3.8, 4) is 0 Å². The first-order valence-electron chi connectivity index (χ1n) is 6.96. The zero-order chi connectivity index (χ0) is 14.8. The molecule has 3 amide bonds. The van der Waals surface area contributed by atoms with Crippen LogP contribution in [-0.4, -0.2) is 79.1 Å². The lowest BCUT2D eigenvalue weighted by Gasteiger charge is -2.47. The van der Waals surface area contributed by atoms with E-state index in [-0.39, 0.29) is 24.1 Å². The summed E-state index contributed by atoms with van der Waals surface area (Å²) in [5, 5.41) is 0. The van der Waals surface area contributed by atoms with Gasteiger partial charge < -0.3 is 19.4 Å². The van der Waals surface area contributed by atoms with Crippen molar-refractivity contribution in [3.05, 3.63) is 12.7 Å². The Hall–Kier alpha value is -1.56. The molecule has 2 heterocycles. The van der Waals surface area contributed by atoms with Crippen LogP contribution < -0.4 is 0 Å². The molecule has 0 aromatic rings. The number of carbonyl (C=O) groups is 2. The van der Waals surface area contributed by atoms with Gasteiger partial charge in [0.15, 0.2) is 0 Å². The summed E-state index contributed by atoms with van der Waals surface area (Å²) in [6.07, 6.45) is 3.28. The minimum Gasteiger partial charge on any atom is -0.363 e. The molecule has 1 spiro atoms. The highest BCUT2D eigenvalue weighted by atomic mass is 16.5. The van der Waals surface area contributed by atoms with E-state index in [4.69, 9.17) is 4.74 Å². The number of piperidine rings is 1. The lowest BCUT2D eigenvalue weighted by atomic mass is 9.89. The van der Waals surface area contributed by atoms with Crippen molar-refractivity contribution in [2.75, 3.05) is 46.9 Å². The molecule has 0 bridgehead atoms. The number of amides is 3. The Morgan fingerprint density at radius 2 is 2.10 bits per heavy atom. The van der Waals surface area contributed by atoms with Crippen molar-refractivity contribution in [1.82, 2.24) is 14.7 Å². The van der Waals surface area contributed by atoms with Crippen LogP contribution in [0.4, 0.5) is 4.79 Å². The third-order valence-electron chi connectivity index (χ3n) is 4.01. The van der Waals surface area contributed by atoms with Crippen molar-refractivity contribution >= 4 is 11.9 Å². The van der Waals surface area contributed by atoms with E-state index < -0.39 is 0 Å². The summed E-state index contributed by atoms with van der Waals surface area (Å²) in [6, 6.07) is 0.0367. The van der Waals surface area contributed by atoms with E-state index in [1.165, 1.54) is 0 Å². The van der Waals surface area contributed by atoms with Gasteiger partial charge in [0.2, 0.25) is 5.91 Å². The van der Waals surface area contributed by atoms with Gasteiger partial charge in [-0.3, -0.25) is 4.79 Å². The maximum atomic E-state index is 11.9. The summed E-state index contributed by atoms with van der Waals surface area (Å²) in [4.78, 5) is 28.9. The smallest absolute Gasteiger partial charge is 0.319 e. The standard InChI is InChI=1S/C14H23N3O3/c1-4-7-17-11-14(20-10-12(17)18)5-8-16(9-6-14)13(19)15(2)3/h4H,1,5-11H2,2-3H3. The molecule has 0 radical (unpaired) electrons. The summed E-state index contributed by atoms with van der Waals surface area (Å²) in [6.45, 7) is 6.33. The largest absolute Gasteiger partial charge is 0.363 e. The second-order valence-corrected chi connectivity index (χ2v) is 5.70. The Morgan fingerprint density at radius 1 is 1.45 bits per heavy atom. The Kier molecular flexibility index (Phi) is 4.32. The zero-order valence-electron chi connectivity index (χ0n) is 12.3. The Morgan fingerprint density at radius 3 is 2.65 bits per heavy atom. The third-order valence-corrected chi connectivity index (χ3v) is 4.01. The van der Waals surface area contributed by atoms with Crippen molar-refractivity contribution < 1.29 is 14.3 Å². The normalized spacial score (nSPS) is 22.0. The Bertz CT molecular complexity index is 400. The van der Waals surface area contributed by atoms with Gasteiger partial charge in [-0.05, 0) is 12.8 Å². The number of morpholine rings is 1. The van der Waals surface area contributed by atoms with E-state index in [0.717, 1.165) is 12.8 Å². The molecule has 2 fully saturated rings. The molecule has 2 saturated heterocycles. The van der Waals surface area contributed by atoms with E-state index in [0.29, 0.717) is 26.2 Å². The number of hydrogen-bond acceptors (Lipinski definition) is 3. The van der Waals surface area contributed by atoms with Gasteiger partial charge in [0.05, 0.1) is 12.1 Å². The molecule has 6 heteroatoms. The summed E-state index contributed by atoms with van der Waals surface area (Å²) in [5.74, 6) is 0.0160. The molecule has 0 atom stereocenters. The highest BCUT2D eigenvalue weighted by Crippen LogP contribution is 2.30.